The van der Waals surface area contributed by atoms with Crippen LogP contribution in [0.5, 0.6) is 0 Å². The van der Waals surface area contributed by atoms with E-state index in [-0.39, 0.29) is 17.7 Å². The zero-order valence-electron chi connectivity index (χ0n) is 16.8. The van der Waals surface area contributed by atoms with Crippen LogP contribution in [0.2, 0.25) is 0 Å². The lowest BCUT2D eigenvalue weighted by Gasteiger charge is -2.15. The molecule has 3 aromatic carbocycles. The third-order valence-electron chi connectivity index (χ3n) is 4.75. The summed E-state index contributed by atoms with van der Waals surface area (Å²) in [6.45, 7) is 2.00. The Kier molecular flexibility index (Phi) is 7.00. The summed E-state index contributed by atoms with van der Waals surface area (Å²) in [6, 6.07) is 24.2. The minimum atomic E-state index is -0.265. The standard InChI is InChI=1S/C25H25N3O2/c1-2-21(19-8-4-3-5-9-19)25(30)27-20-15-12-18(13-16-20)14-17-24(29)28-23-11-7-6-10-22(23)26/h3-17,21H,2,26H2,1H3,(H,27,30)(H,28,29)/b17-14+/t21-/m0/s1. The van der Waals surface area contributed by atoms with Gasteiger partial charge in [-0.3, -0.25) is 9.59 Å². The largest absolute Gasteiger partial charge is 0.397 e. The van der Waals surface area contributed by atoms with Crippen LogP contribution in [0.1, 0.15) is 30.4 Å². The van der Waals surface area contributed by atoms with Crippen LogP contribution in [0.25, 0.3) is 6.08 Å². The smallest absolute Gasteiger partial charge is 0.248 e. The summed E-state index contributed by atoms with van der Waals surface area (Å²) < 4.78 is 0. The molecule has 152 valence electrons. The SMILES string of the molecule is CC[C@H](C(=O)Nc1ccc(/C=C/C(=O)Nc2ccccc2N)cc1)c1ccccc1. The van der Waals surface area contributed by atoms with Gasteiger partial charge in [0.05, 0.1) is 17.3 Å². The molecule has 0 aromatic heterocycles. The van der Waals surface area contributed by atoms with E-state index in [4.69, 9.17) is 5.73 Å². The van der Waals surface area contributed by atoms with Crippen molar-refractivity contribution >= 4 is 35.0 Å². The van der Waals surface area contributed by atoms with Crippen molar-refractivity contribution in [3.05, 3.63) is 96.1 Å². The van der Waals surface area contributed by atoms with E-state index >= 15 is 0 Å². The Morgan fingerprint density at radius 2 is 1.57 bits per heavy atom. The molecule has 0 spiro atoms. The summed E-state index contributed by atoms with van der Waals surface area (Å²) >= 11 is 0. The van der Waals surface area contributed by atoms with Crippen LogP contribution in [0.4, 0.5) is 17.1 Å². The number of benzene rings is 3. The highest BCUT2D eigenvalue weighted by molar-refractivity contribution is 6.03. The lowest BCUT2D eigenvalue weighted by molar-refractivity contribution is -0.117. The van der Waals surface area contributed by atoms with Crippen LogP contribution < -0.4 is 16.4 Å². The monoisotopic (exact) mass is 399 g/mol. The van der Waals surface area contributed by atoms with Crippen molar-refractivity contribution in [2.24, 2.45) is 0 Å². The van der Waals surface area contributed by atoms with E-state index in [1.54, 1.807) is 18.2 Å². The van der Waals surface area contributed by atoms with Crippen LogP contribution in [-0.2, 0) is 9.59 Å². The first-order valence-corrected chi connectivity index (χ1v) is 9.86. The van der Waals surface area contributed by atoms with Crippen LogP contribution in [-0.4, -0.2) is 11.8 Å². The lowest BCUT2D eigenvalue weighted by atomic mass is 9.95. The zero-order chi connectivity index (χ0) is 21.3. The average Bonchev–Trinajstić information content (AvgIpc) is 2.76. The number of nitrogens with one attached hydrogen (secondary N) is 2. The Hall–Kier alpha value is -3.86. The third kappa shape index (κ3) is 5.58. The maximum atomic E-state index is 12.7. The van der Waals surface area contributed by atoms with Gasteiger partial charge in [0.1, 0.15) is 0 Å². The van der Waals surface area contributed by atoms with Gasteiger partial charge >= 0.3 is 0 Å². The average molecular weight is 399 g/mol. The van der Waals surface area contributed by atoms with Gasteiger partial charge in [0, 0.05) is 11.8 Å². The number of nitrogen functional groups attached to an aromatic ring is 1. The van der Waals surface area contributed by atoms with Gasteiger partial charge in [-0.05, 0) is 47.9 Å². The topological polar surface area (TPSA) is 84.2 Å². The van der Waals surface area contributed by atoms with Crippen molar-refractivity contribution in [3.8, 4) is 0 Å². The van der Waals surface area contributed by atoms with Gasteiger partial charge in [-0.2, -0.15) is 0 Å². The molecule has 0 unspecified atom stereocenters. The fourth-order valence-corrected chi connectivity index (χ4v) is 3.12. The van der Waals surface area contributed by atoms with Gasteiger partial charge in [0.25, 0.3) is 0 Å². The lowest BCUT2D eigenvalue weighted by Crippen LogP contribution is -2.20. The number of hydrogen-bond acceptors (Lipinski definition) is 3. The molecule has 4 N–H and O–H groups in total. The van der Waals surface area contributed by atoms with E-state index in [2.05, 4.69) is 10.6 Å². The minimum absolute atomic E-state index is 0.0354. The van der Waals surface area contributed by atoms with Crippen LogP contribution in [0, 0.1) is 0 Å². The molecule has 1 atom stereocenters. The van der Waals surface area contributed by atoms with Crippen molar-refractivity contribution in [3.63, 3.8) is 0 Å². The molecule has 0 fully saturated rings. The van der Waals surface area contributed by atoms with Crippen molar-refractivity contribution in [1.29, 1.82) is 0 Å². The molecule has 0 heterocycles. The molecule has 2 amide bonds. The molecule has 0 aliphatic rings. The molecule has 5 nitrogen and oxygen atoms in total. The fourth-order valence-electron chi connectivity index (χ4n) is 3.12. The number of amides is 2. The van der Waals surface area contributed by atoms with Gasteiger partial charge in [-0.1, -0.05) is 61.5 Å². The molecule has 0 saturated heterocycles. The highest BCUT2D eigenvalue weighted by atomic mass is 16.2. The zero-order valence-corrected chi connectivity index (χ0v) is 16.8. The Bertz CT molecular complexity index is 1030. The van der Waals surface area contributed by atoms with E-state index < -0.39 is 0 Å². The number of carbonyl (C=O) groups excluding carboxylic acids is 2. The van der Waals surface area contributed by atoms with Crippen molar-refractivity contribution in [2.45, 2.75) is 19.3 Å². The molecular weight excluding hydrogens is 374 g/mol. The number of carbonyl (C=O) groups is 2. The van der Waals surface area contributed by atoms with Gasteiger partial charge < -0.3 is 16.4 Å². The number of nitrogens with two attached hydrogens (primary N) is 1. The van der Waals surface area contributed by atoms with Gasteiger partial charge in [0.2, 0.25) is 11.8 Å². The molecule has 5 heteroatoms. The molecule has 3 rings (SSSR count). The van der Waals surface area contributed by atoms with Crippen LogP contribution in [0.3, 0.4) is 0 Å². The van der Waals surface area contributed by atoms with Crippen molar-refractivity contribution in [2.75, 3.05) is 16.4 Å². The highest BCUT2D eigenvalue weighted by Crippen LogP contribution is 2.22. The first kappa shape index (κ1) is 20.9. The predicted molar refractivity (Wildman–Crippen MR) is 123 cm³/mol. The highest BCUT2D eigenvalue weighted by Gasteiger charge is 2.18. The molecule has 0 radical (unpaired) electrons. The summed E-state index contributed by atoms with van der Waals surface area (Å²) in [5, 5.41) is 5.71. The van der Waals surface area contributed by atoms with E-state index in [1.807, 2.05) is 73.7 Å². The summed E-state index contributed by atoms with van der Waals surface area (Å²) in [5.74, 6) is -0.495. The maximum Gasteiger partial charge on any atom is 0.248 e. The molecule has 0 bridgehead atoms. The summed E-state index contributed by atoms with van der Waals surface area (Å²) in [7, 11) is 0. The number of rotatable bonds is 7. The summed E-state index contributed by atoms with van der Waals surface area (Å²) in [5.41, 5.74) is 9.48. The molecule has 0 aliphatic carbocycles. The van der Waals surface area contributed by atoms with Gasteiger partial charge in [-0.15, -0.1) is 0 Å². The van der Waals surface area contributed by atoms with E-state index in [1.165, 1.54) is 6.08 Å². The maximum absolute atomic E-state index is 12.7. The quantitative estimate of drug-likeness (QED) is 0.384. The Balaban J connectivity index is 1.59. The predicted octanol–water partition coefficient (Wildman–Crippen LogP) is 5.05. The second kappa shape index (κ2) is 10.1. The second-order valence-electron chi connectivity index (χ2n) is 6.89. The number of hydrogen-bond donors (Lipinski definition) is 3. The normalized spacial score (nSPS) is 11.8. The molecule has 30 heavy (non-hydrogen) atoms. The molecule has 3 aromatic rings. The summed E-state index contributed by atoms with van der Waals surface area (Å²) in [4.78, 5) is 24.7. The van der Waals surface area contributed by atoms with E-state index in [0.717, 1.165) is 17.5 Å². The molecule has 0 aliphatic heterocycles. The summed E-state index contributed by atoms with van der Waals surface area (Å²) in [6.07, 6.45) is 3.87. The van der Waals surface area contributed by atoms with E-state index in [0.29, 0.717) is 17.1 Å². The number of para-hydroxylation sites is 2. The van der Waals surface area contributed by atoms with Crippen LogP contribution >= 0.6 is 0 Å². The Labute approximate surface area is 176 Å². The first-order valence-electron chi connectivity index (χ1n) is 9.86. The Morgan fingerprint density at radius 3 is 2.23 bits per heavy atom. The van der Waals surface area contributed by atoms with Gasteiger partial charge in [0.15, 0.2) is 0 Å². The van der Waals surface area contributed by atoms with Gasteiger partial charge in [-0.25, -0.2) is 0 Å². The van der Waals surface area contributed by atoms with Crippen LogP contribution in [0.15, 0.2) is 84.9 Å². The first-order chi connectivity index (χ1) is 14.6. The van der Waals surface area contributed by atoms with Crippen molar-refractivity contribution < 1.29 is 9.59 Å². The fraction of sp³-hybridized carbons (Fsp3) is 0.120. The third-order valence-corrected chi connectivity index (χ3v) is 4.75. The Morgan fingerprint density at radius 1 is 0.900 bits per heavy atom. The second-order valence-corrected chi connectivity index (χ2v) is 6.89. The van der Waals surface area contributed by atoms with Crippen molar-refractivity contribution in [1.82, 2.24) is 0 Å². The number of anilines is 3. The minimum Gasteiger partial charge on any atom is -0.397 e. The van der Waals surface area contributed by atoms with E-state index in [9.17, 15) is 9.59 Å². The molecule has 0 saturated carbocycles. The molecular formula is C25H25N3O2.